The fraction of sp³-hybridized carbons (Fsp3) is 0.0714. The van der Waals surface area contributed by atoms with Crippen molar-refractivity contribution >= 4 is 11.8 Å². The Bertz CT molecular complexity index is 647. The SMILES string of the molecule is N#Cc1cccnc1NCc1cccc(C(=O)O)c1. The van der Waals surface area contributed by atoms with E-state index in [2.05, 4.69) is 10.3 Å². The molecule has 5 nitrogen and oxygen atoms in total. The third-order valence-corrected chi connectivity index (χ3v) is 2.56. The fourth-order valence-corrected chi connectivity index (χ4v) is 1.64. The van der Waals surface area contributed by atoms with Gasteiger partial charge in [-0.2, -0.15) is 5.26 Å². The van der Waals surface area contributed by atoms with Gasteiger partial charge in [-0.15, -0.1) is 0 Å². The molecule has 0 unspecified atom stereocenters. The molecule has 2 N–H and O–H groups in total. The summed E-state index contributed by atoms with van der Waals surface area (Å²) in [7, 11) is 0. The molecule has 0 spiro atoms. The molecule has 19 heavy (non-hydrogen) atoms. The Labute approximate surface area is 110 Å². The van der Waals surface area contributed by atoms with Crippen LogP contribution in [0.15, 0.2) is 42.6 Å². The summed E-state index contributed by atoms with van der Waals surface area (Å²) in [5, 5.41) is 20.8. The molecule has 2 aromatic rings. The highest BCUT2D eigenvalue weighted by molar-refractivity contribution is 5.87. The number of aromatic carboxylic acids is 1. The van der Waals surface area contributed by atoms with E-state index in [4.69, 9.17) is 10.4 Å². The molecule has 1 aromatic heterocycles. The maximum atomic E-state index is 10.9. The third kappa shape index (κ3) is 3.07. The molecule has 0 radical (unpaired) electrons. The van der Waals surface area contributed by atoms with Crippen molar-refractivity contribution in [2.45, 2.75) is 6.54 Å². The monoisotopic (exact) mass is 253 g/mol. The number of benzene rings is 1. The Balaban J connectivity index is 2.13. The molecule has 0 bridgehead atoms. The lowest BCUT2D eigenvalue weighted by molar-refractivity contribution is 0.0697. The molecule has 94 valence electrons. The fourth-order valence-electron chi connectivity index (χ4n) is 1.64. The number of pyridine rings is 1. The summed E-state index contributed by atoms with van der Waals surface area (Å²) in [6, 6.07) is 12.0. The van der Waals surface area contributed by atoms with E-state index in [-0.39, 0.29) is 5.56 Å². The molecular formula is C14H11N3O2. The van der Waals surface area contributed by atoms with Crippen LogP contribution < -0.4 is 5.32 Å². The van der Waals surface area contributed by atoms with Crippen molar-refractivity contribution in [3.8, 4) is 6.07 Å². The number of hydrogen-bond acceptors (Lipinski definition) is 4. The van der Waals surface area contributed by atoms with Gasteiger partial charge in [0.2, 0.25) is 0 Å². The number of hydrogen-bond donors (Lipinski definition) is 2. The summed E-state index contributed by atoms with van der Waals surface area (Å²) in [6.45, 7) is 0.410. The maximum absolute atomic E-state index is 10.9. The van der Waals surface area contributed by atoms with Gasteiger partial charge in [0.15, 0.2) is 0 Å². The van der Waals surface area contributed by atoms with Crippen LogP contribution in [-0.4, -0.2) is 16.1 Å². The Kier molecular flexibility index (Phi) is 3.74. The molecule has 0 aliphatic rings. The molecule has 0 saturated carbocycles. The van der Waals surface area contributed by atoms with Gasteiger partial charge in [-0.05, 0) is 29.8 Å². The second-order valence-corrected chi connectivity index (χ2v) is 3.87. The normalized spacial score (nSPS) is 9.63. The lowest BCUT2D eigenvalue weighted by Crippen LogP contribution is -2.04. The number of carboxylic acids is 1. The topological polar surface area (TPSA) is 86.0 Å². The Morgan fingerprint density at radius 2 is 2.21 bits per heavy atom. The summed E-state index contributed by atoms with van der Waals surface area (Å²) in [5.41, 5.74) is 1.51. The Morgan fingerprint density at radius 1 is 1.37 bits per heavy atom. The molecule has 0 saturated heterocycles. The van der Waals surface area contributed by atoms with Crippen molar-refractivity contribution < 1.29 is 9.90 Å². The third-order valence-electron chi connectivity index (χ3n) is 2.56. The van der Waals surface area contributed by atoms with E-state index < -0.39 is 5.97 Å². The predicted molar refractivity (Wildman–Crippen MR) is 69.7 cm³/mol. The van der Waals surface area contributed by atoms with Crippen LogP contribution in [0.3, 0.4) is 0 Å². The van der Waals surface area contributed by atoms with E-state index in [9.17, 15) is 4.79 Å². The molecule has 0 aliphatic carbocycles. The van der Waals surface area contributed by atoms with Gasteiger partial charge in [-0.3, -0.25) is 0 Å². The second-order valence-electron chi connectivity index (χ2n) is 3.87. The highest BCUT2D eigenvalue weighted by atomic mass is 16.4. The van der Waals surface area contributed by atoms with Crippen molar-refractivity contribution in [1.82, 2.24) is 4.98 Å². The van der Waals surface area contributed by atoms with E-state index in [1.807, 2.05) is 12.1 Å². The molecule has 2 rings (SSSR count). The second kappa shape index (κ2) is 5.65. The number of nitrogens with one attached hydrogen (secondary N) is 1. The molecule has 0 aliphatic heterocycles. The highest BCUT2D eigenvalue weighted by Gasteiger charge is 2.05. The van der Waals surface area contributed by atoms with Crippen LogP contribution in [0.4, 0.5) is 5.82 Å². The van der Waals surface area contributed by atoms with Gasteiger partial charge in [0.25, 0.3) is 0 Å². The van der Waals surface area contributed by atoms with Gasteiger partial charge in [0, 0.05) is 12.7 Å². The minimum atomic E-state index is -0.961. The van der Waals surface area contributed by atoms with Crippen LogP contribution in [0.5, 0.6) is 0 Å². The summed E-state index contributed by atoms with van der Waals surface area (Å²) in [5.74, 6) is -0.469. The van der Waals surface area contributed by atoms with Gasteiger partial charge in [-0.25, -0.2) is 9.78 Å². The largest absolute Gasteiger partial charge is 0.478 e. The molecule has 0 fully saturated rings. The first-order valence-electron chi connectivity index (χ1n) is 5.62. The molecular weight excluding hydrogens is 242 g/mol. The highest BCUT2D eigenvalue weighted by Crippen LogP contribution is 2.12. The van der Waals surface area contributed by atoms with E-state index in [0.29, 0.717) is 17.9 Å². The molecule has 1 aromatic carbocycles. The standard InChI is InChI=1S/C14H11N3O2/c15-8-12-5-2-6-16-13(12)17-9-10-3-1-4-11(7-10)14(18)19/h1-7H,9H2,(H,16,17)(H,18,19). The summed E-state index contributed by atoms with van der Waals surface area (Å²) < 4.78 is 0. The maximum Gasteiger partial charge on any atom is 0.335 e. The Hall–Kier alpha value is -2.87. The van der Waals surface area contributed by atoms with Crippen LogP contribution in [-0.2, 0) is 6.54 Å². The van der Waals surface area contributed by atoms with Gasteiger partial charge in [0.05, 0.1) is 11.1 Å². The van der Waals surface area contributed by atoms with E-state index >= 15 is 0 Å². The number of nitrogens with zero attached hydrogens (tertiary/aromatic N) is 2. The smallest absolute Gasteiger partial charge is 0.335 e. The summed E-state index contributed by atoms with van der Waals surface area (Å²) >= 11 is 0. The predicted octanol–water partition coefficient (Wildman–Crippen LogP) is 2.26. The van der Waals surface area contributed by atoms with Crippen molar-refractivity contribution in [2.75, 3.05) is 5.32 Å². The number of anilines is 1. The lowest BCUT2D eigenvalue weighted by atomic mass is 10.1. The minimum Gasteiger partial charge on any atom is -0.478 e. The van der Waals surface area contributed by atoms with Crippen molar-refractivity contribution in [2.24, 2.45) is 0 Å². The number of carboxylic acid groups (broad SMARTS) is 1. The van der Waals surface area contributed by atoms with Crippen LogP contribution in [0.2, 0.25) is 0 Å². The van der Waals surface area contributed by atoms with E-state index in [0.717, 1.165) is 5.56 Å². The number of rotatable bonds is 4. The first-order valence-corrected chi connectivity index (χ1v) is 5.62. The van der Waals surface area contributed by atoms with Gasteiger partial charge < -0.3 is 10.4 Å². The van der Waals surface area contributed by atoms with Crippen molar-refractivity contribution in [3.63, 3.8) is 0 Å². The average molecular weight is 253 g/mol. The van der Waals surface area contributed by atoms with E-state index in [1.165, 1.54) is 6.07 Å². The average Bonchev–Trinajstić information content (AvgIpc) is 2.45. The van der Waals surface area contributed by atoms with E-state index in [1.54, 1.807) is 30.5 Å². The zero-order valence-corrected chi connectivity index (χ0v) is 10.00. The quantitative estimate of drug-likeness (QED) is 0.872. The van der Waals surface area contributed by atoms with Crippen LogP contribution in [0, 0.1) is 11.3 Å². The number of aromatic nitrogens is 1. The number of nitriles is 1. The zero-order chi connectivity index (χ0) is 13.7. The van der Waals surface area contributed by atoms with Crippen LogP contribution in [0.25, 0.3) is 0 Å². The summed E-state index contributed by atoms with van der Waals surface area (Å²) in [6.07, 6.45) is 1.59. The lowest BCUT2D eigenvalue weighted by Gasteiger charge is -2.07. The molecule has 1 heterocycles. The van der Waals surface area contributed by atoms with Crippen molar-refractivity contribution in [1.29, 1.82) is 5.26 Å². The van der Waals surface area contributed by atoms with Crippen molar-refractivity contribution in [3.05, 3.63) is 59.3 Å². The van der Waals surface area contributed by atoms with Gasteiger partial charge in [-0.1, -0.05) is 12.1 Å². The van der Waals surface area contributed by atoms with Gasteiger partial charge in [0.1, 0.15) is 11.9 Å². The molecule has 0 amide bonds. The minimum absolute atomic E-state index is 0.237. The zero-order valence-electron chi connectivity index (χ0n) is 10.00. The van der Waals surface area contributed by atoms with Gasteiger partial charge >= 0.3 is 5.97 Å². The van der Waals surface area contributed by atoms with Crippen LogP contribution >= 0.6 is 0 Å². The molecule has 0 atom stereocenters. The Morgan fingerprint density at radius 3 is 2.95 bits per heavy atom. The first-order chi connectivity index (χ1) is 9.20. The molecule has 5 heteroatoms. The first kappa shape index (κ1) is 12.6. The summed E-state index contributed by atoms with van der Waals surface area (Å²) in [4.78, 5) is 14.9. The number of carbonyl (C=O) groups is 1. The van der Waals surface area contributed by atoms with Crippen LogP contribution in [0.1, 0.15) is 21.5 Å².